The fourth-order valence-electron chi connectivity index (χ4n) is 2.41. The molecule has 2 N–H and O–H groups in total. The Labute approximate surface area is 108 Å². The molecule has 98 valence electrons. The summed E-state index contributed by atoms with van der Waals surface area (Å²) < 4.78 is 0. The topological polar surface area (TPSA) is 49.6 Å². The van der Waals surface area contributed by atoms with Crippen LogP contribution < -0.4 is 5.73 Å². The molecule has 1 unspecified atom stereocenters. The lowest BCUT2D eigenvalue weighted by atomic mass is 10.1. The number of rotatable bonds is 4. The Bertz CT molecular complexity index is 393. The van der Waals surface area contributed by atoms with E-state index < -0.39 is 0 Å². The van der Waals surface area contributed by atoms with E-state index in [1.807, 2.05) is 18.2 Å². The van der Waals surface area contributed by atoms with Crippen LogP contribution in [0.25, 0.3) is 0 Å². The first-order chi connectivity index (χ1) is 8.70. The van der Waals surface area contributed by atoms with Gasteiger partial charge in [0.15, 0.2) is 5.78 Å². The number of Topliss-reactive ketones (excluding diaryl/α,β-unsaturated/α-hetero) is 1. The minimum atomic E-state index is -0.0612. The molecule has 18 heavy (non-hydrogen) atoms. The van der Waals surface area contributed by atoms with E-state index in [1.165, 1.54) is 5.56 Å². The predicted octanol–water partition coefficient (Wildman–Crippen LogP) is 0.330. The van der Waals surface area contributed by atoms with Crippen molar-refractivity contribution in [2.45, 2.75) is 12.6 Å². The lowest BCUT2D eigenvalue weighted by Crippen LogP contribution is -2.56. The standard InChI is InChI=1S/C14H21N3O/c1-16-7-8-17(13(11-16)14(18)9-15)10-12-5-3-2-4-6-12/h2-6,13H,7-11,15H2,1H3. The van der Waals surface area contributed by atoms with Crippen LogP contribution in [0, 0.1) is 0 Å². The molecular weight excluding hydrogens is 226 g/mol. The highest BCUT2D eigenvalue weighted by Crippen LogP contribution is 2.13. The van der Waals surface area contributed by atoms with Crippen molar-refractivity contribution in [2.24, 2.45) is 5.73 Å². The molecule has 1 saturated heterocycles. The summed E-state index contributed by atoms with van der Waals surface area (Å²) in [6, 6.07) is 10.2. The van der Waals surface area contributed by atoms with Gasteiger partial charge in [-0.15, -0.1) is 0 Å². The van der Waals surface area contributed by atoms with Crippen LogP contribution in [0.4, 0.5) is 0 Å². The molecule has 1 atom stereocenters. The molecule has 0 saturated carbocycles. The molecule has 0 aromatic heterocycles. The van der Waals surface area contributed by atoms with E-state index in [0.717, 1.165) is 26.2 Å². The lowest BCUT2D eigenvalue weighted by Gasteiger charge is -2.39. The summed E-state index contributed by atoms with van der Waals surface area (Å²) in [5, 5.41) is 0. The number of nitrogens with two attached hydrogens (primary N) is 1. The zero-order valence-corrected chi connectivity index (χ0v) is 10.9. The smallest absolute Gasteiger partial charge is 0.164 e. The average Bonchev–Trinajstić information content (AvgIpc) is 2.41. The van der Waals surface area contributed by atoms with Crippen molar-refractivity contribution in [2.75, 3.05) is 33.2 Å². The molecule has 0 radical (unpaired) electrons. The summed E-state index contributed by atoms with van der Waals surface area (Å²) in [5.41, 5.74) is 6.76. The van der Waals surface area contributed by atoms with Crippen molar-refractivity contribution in [1.82, 2.24) is 9.80 Å². The second-order valence-electron chi connectivity index (χ2n) is 4.90. The van der Waals surface area contributed by atoms with Crippen LogP contribution in [-0.4, -0.2) is 54.9 Å². The number of likely N-dealkylation sites (N-methyl/N-ethyl adjacent to an activating group) is 1. The molecule has 1 heterocycles. The highest BCUT2D eigenvalue weighted by molar-refractivity contribution is 5.86. The van der Waals surface area contributed by atoms with Crippen molar-refractivity contribution in [3.05, 3.63) is 35.9 Å². The van der Waals surface area contributed by atoms with Gasteiger partial charge < -0.3 is 10.6 Å². The maximum absolute atomic E-state index is 11.9. The normalized spacial score (nSPS) is 22.0. The Hall–Kier alpha value is -1.23. The highest BCUT2D eigenvalue weighted by Gasteiger charge is 2.29. The number of carbonyl (C=O) groups is 1. The summed E-state index contributed by atoms with van der Waals surface area (Å²) in [7, 11) is 2.05. The third kappa shape index (κ3) is 3.16. The molecule has 0 amide bonds. The van der Waals surface area contributed by atoms with Gasteiger partial charge in [-0.2, -0.15) is 0 Å². The van der Waals surface area contributed by atoms with Crippen molar-refractivity contribution < 1.29 is 4.79 Å². The van der Waals surface area contributed by atoms with E-state index in [1.54, 1.807) is 0 Å². The minimum Gasteiger partial charge on any atom is -0.324 e. The second-order valence-corrected chi connectivity index (χ2v) is 4.90. The Morgan fingerprint density at radius 2 is 2.06 bits per heavy atom. The summed E-state index contributed by atoms with van der Waals surface area (Å²) >= 11 is 0. The van der Waals surface area contributed by atoms with Gasteiger partial charge >= 0.3 is 0 Å². The van der Waals surface area contributed by atoms with Crippen LogP contribution in [0.5, 0.6) is 0 Å². The van der Waals surface area contributed by atoms with Crippen LogP contribution in [-0.2, 0) is 11.3 Å². The molecule has 1 fully saturated rings. The van der Waals surface area contributed by atoms with Gasteiger partial charge in [-0.05, 0) is 12.6 Å². The van der Waals surface area contributed by atoms with Gasteiger partial charge in [0, 0.05) is 26.2 Å². The van der Waals surface area contributed by atoms with Crippen LogP contribution >= 0.6 is 0 Å². The fraction of sp³-hybridized carbons (Fsp3) is 0.500. The van der Waals surface area contributed by atoms with Gasteiger partial charge in [0.2, 0.25) is 0 Å². The number of ketones is 1. The second kappa shape index (κ2) is 6.09. The minimum absolute atomic E-state index is 0.0612. The van der Waals surface area contributed by atoms with E-state index >= 15 is 0 Å². The van der Waals surface area contributed by atoms with Gasteiger partial charge in [-0.1, -0.05) is 30.3 Å². The van der Waals surface area contributed by atoms with Crippen LogP contribution in [0.3, 0.4) is 0 Å². The molecule has 1 aromatic carbocycles. The van der Waals surface area contributed by atoms with Crippen molar-refractivity contribution >= 4 is 5.78 Å². The SMILES string of the molecule is CN1CCN(Cc2ccccc2)C(C(=O)CN)C1. The Morgan fingerprint density at radius 1 is 1.33 bits per heavy atom. The maximum Gasteiger partial charge on any atom is 0.164 e. The number of nitrogens with zero attached hydrogens (tertiary/aromatic N) is 2. The number of hydrogen-bond donors (Lipinski definition) is 1. The molecule has 4 heteroatoms. The van der Waals surface area contributed by atoms with Crippen LogP contribution in [0.2, 0.25) is 0 Å². The Balaban J connectivity index is 2.07. The molecule has 2 rings (SSSR count). The number of carbonyl (C=O) groups excluding carboxylic acids is 1. The van der Waals surface area contributed by atoms with E-state index in [2.05, 4.69) is 29.0 Å². The molecular formula is C14H21N3O. The van der Waals surface area contributed by atoms with Gasteiger partial charge in [-0.3, -0.25) is 9.69 Å². The molecule has 0 aliphatic carbocycles. The van der Waals surface area contributed by atoms with Crippen molar-refractivity contribution in [3.8, 4) is 0 Å². The molecule has 0 bridgehead atoms. The Kier molecular flexibility index (Phi) is 4.47. The van der Waals surface area contributed by atoms with Crippen LogP contribution in [0.1, 0.15) is 5.56 Å². The first-order valence-electron chi connectivity index (χ1n) is 6.40. The third-order valence-electron chi connectivity index (χ3n) is 3.50. The van der Waals surface area contributed by atoms with Gasteiger partial charge in [0.05, 0.1) is 12.6 Å². The predicted molar refractivity (Wildman–Crippen MR) is 72.2 cm³/mol. The van der Waals surface area contributed by atoms with Crippen LogP contribution in [0.15, 0.2) is 30.3 Å². The highest BCUT2D eigenvalue weighted by atomic mass is 16.1. The Morgan fingerprint density at radius 3 is 2.72 bits per heavy atom. The monoisotopic (exact) mass is 247 g/mol. The van der Waals surface area contributed by atoms with E-state index in [4.69, 9.17) is 5.73 Å². The lowest BCUT2D eigenvalue weighted by molar-refractivity contribution is -0.125. The van der Waals surface area contributed by atoms with Gasteiger partial charge in [-0.25, -0.2) is 0 Å². The summed E-state index contributed by atoms with van der Waals surface area (Å²) in [4.78, 5) is 16.4. The maximum atomic E-state index is 11.9. The van der Waals surface area contributed by atoms with E-state index in [9.17, 15) is 4.79 Å². The molecule has 0 spiro atoms. The summed E-state index contributed by atoms with van der Waals surface area (Å²) in [5.74, 6) is 0.137. The number of piperazine rings is 1. The van der Waals surface area contributed by atoms with E-state index in [-0.39, 0.29) is 18.4 Å². The first-order valence-corrected chi connectivity index (χ1v) is 6.40. The summed E-state index contributed by atoms with van der Waals surface area (Å²) in [6.45, 7) is 3.65. The zero-order valence-electron chi connectivity index (χ0n) is 10.9. The first kappa shape index (κ1) is 13.2. The van der Waals surface area contributed by atoms with Crippen molar-refractivity contribution in [3.63, 3.8) is 0 Å². The largest absolute Gasteiger partial charge is 0.324 e. The summed E-state index contributed by atoms with van der Waals surface area (Å²) in [6.07, 6.45) is 0. The third-order valence-corrected chi connectivity index (χ3v) is 3.50. The zero-order chi connectivity index (χ0) is 13.0. The van der Waals surface area contributed by atoms with Gasteiger partial charge in [0.1, 0.15) is 0 Å². The number of benzene rings is 1. The van der Waals surface area contributed by atoms with Crippen molar-refractivity contribution in [1.29, 1.82) is 0 Å². The molecule has 4 nitrogen and oxygen atoms in total. The fourth-order valence-corrected chi connectivity index (χ4v) is 2.41. The molecule has 1 aliphatic rings. The number of hydrogen-bond acceptors (Lipinski definition) is 4. The average molecular weight is 247 g/mol. The van der Waals surface area contributed by atoms with E-state index in [0.29, 0.717) is 0 Å². The molecule has 1 aromatic rings. The molecule has 1 aliphatic heterocycles. The quantitative estimate of drug-likeness (QED) is 0.833. The van der Waals surface area contributed by atoms with Gasteiger partial charge in [0.25, 0.3) is 0 Å².